The van der Waals surface area contributed by atoms with Crippen LogP contribution in [-0.4, -0.2) is 34.7 Å². The van der Waals surface area contributed by atoms with Crippen LogP contribution in [0.25, 0.3) is 28.1 Å². The van der Waals surface area contributed by atoms with E-state index in [9.17, 15) is 4.79 Å². The van der Waals surface area contributed by atoms with Crippen molar-refractivity contribution in [2.75, 3.05) is 0 Å². The van der Waals surface area contributed by atoms with Gasteiger partial charge in [0.15, 0.2) is 0 Å². The summed E-state index contributed by atoms with van der Waals surface area (Å²) in [5.41, 5.74) is 6.04. The van der Waals surface area contributed by atoms with Gasteiger partial charge in [0.25, 0.3) is 5.56 Å². The standard InChI is InChI=1S/C26H19Cl2N7O/c1-13-2-4-14(5-3-13)23-25(28)31-26(30-23)24-19-11-18(19)21-8-15(9-22(36)35(21)24)17-10-16(27)6-7-20(17)34-12-29-32-33-34/h2-10,12,18-19,24H,11H2,1H3,(H,30,31). The fraction of sp³-hybridized carbons (Fsp3) is 0.192. The highest BCUT2D eigenvalue weighted by atomic mass is 35.5. The summed E-state index contributed by atoms with van der Waals surface area (Å²) in [5, 5.41) is 12.5. The second-order valence-electron chi connectivity index (χ2n) is 9.39. The predicted octanol–water partition coefficient (Wildman–Crippen LogP) is 5.20. The number of nitrogens with zero attached hydrogens (tertiary/aromatic N) is 6. The minimum absolute atomic E-state index is 0.0910. The lowest BCUT2D eigenvalue weighted by Crippen LogP contribution is -2.26. The number of tetrazole rings is 1. The molecule has 10 heteroatoms. The third-order valence-corrected chi connectivity index (χ3v) is 7.66. The van der Waals surface area contributed by atoms with Crippen molar-refractivity contribution >= 4 is 23.2 Å². The highest BCUT2D eigenvalue weighted by Gasteiger charge is 2.54. The van der Waals surface area contributed by atoms with E-state index in [0.717, 1.165) is 34.5 Å². The summed E-state index contributed by atoms with van der Waals surface area (Å²) in [5.74, 6) is 1.32. The van der Waals surface area contributed by atoms with Crippen molar-refractivity contribution in [1.82, 2.24) is 34.7 Å². The van der Waals surface area contributed by atoms with Gasteiger partial charge in [-0.2, -0.15) is 4.68 Å². The Morgan fingerprint density at radius 1 is 1.03 bits per heavy atom. The van der Waals surface area contributed by atoms with E-state index in [0.29, 0.717) is 33.5 Å². The zero-order chi connectivity index (χ0) is 24.6. The Kier molecular flexibility index (Phi) is 4.71. The summed E-state index contributed by atoms with van der Waals surface area (Å²) >= 11 is 12.9. The molecule has 5 aromatic rings. The smallest absolute Gasteiger partial charge is 0.252 e. The van der Waals surface area contributed by atoms with Gasteiger partial charge in [-0.05, 0) is 59.5 Å². The molecule has 2 aromatic carbocycles. The molecule has 7 rings (SSSR count). The van der Waals surface area contributed by atoms with Gasteiger partial charge in [-0.1, -0.05) is 53.0 Å². The number of aryl methyl sites for hydroxylation is 1. The number of halogens is 2. The summed E-state index contributed by atoms with van der Waals surface area (Å²) in [7, 11) is 0. The molecule has 178 valence electrons. The number of aromatic nitrogens is 7. The molecule has 3 unspecified atom stereocenters. The lowest BCUT2D eigenvalue weighted by Gasteiger charge is -2.17. The van der Waals surface area contributed by atoms with Crippen LogP contribution in [-0.2, 0) is 0 Å². The van der Waals surface area contributed by atoms with Gasteiger partial charge in [-0.15, -0.1) is 5.10 Å². The number of rotatable bonds is 4. The predicted molar refractivity (Wildman–Crippen MR) is 137 cm³/mol. The number of pyridine rings is 1. The van der Waals surface area contributed by atoms with Gasteiger partial charge in [-0.3, -0.25) is 4.79 Å². The Hall–Kier alpha value is -3.75. The van der Waals surface area contributed by atoms with Crippen LogP contribution in [0.3, 0.4) is 0 Å². The molecule has 0 spiro atoms. The number of hydrogen-bond acceptors (Lipinski definition) is 5. The van der Waals surface area contributed by atoms with Crippen LogP contribution in [0.15, 0.2) is 65.7 Å². The van der Waals surface area contributed by atoms with Gasteiger partial charge in [-0.25, -0.2) is 4.98 Å². The van der Waals surface area contributed by atoms with E-state index in [1.165, 1.54) is 11.9 Å². The molecule has 1 saturated carbocycles. The molecular weight excluding hydrogens is 497 g/mol. The lowest BCUT2D eigenvalue weighted by atomic mass is 10.0. The second-order valence-corrected chi connectivity index (χ2v) is 10.2. The molecular formula is C26H19Cl2N7O. The molecule has 0 saturated heterocycles. The largest absolute Gasteiger partial charge is 0.331 e. The quantitative estimate of drug-likeness (QED) is 0.354. The van der Waals surface area contributed by atoms with E-state index in [1.54, 1.807) is 16.8 Å². The van der Waals surface area contributed by atoms with Crippen LogP contribution >= 0.6 is 23.2 Å². The van der Waals surface area contributed by atoms with Crippen LogP contribution in [0.4, 0.5) is 0 Å². The maximum absolute atomic E-state index is 13.5. The van der Waals surface area contributed by atoms with E-state index in [4.69, 9.17) is 28.2 Å². The molecule has 8 nitrogen and oxygen atoms in total. The van der Waals surface area contributed by atoms with Crippen molar-refractivity contribution < 1.29 is 0 Å². The Morgan fingerprint density at radius 3 is 2.64 bits per heavy atom. The number of benzene rings is 2. The number of imidazole rings is 1. The Balaban J connectivity index is 1.32. The summed E-state index contributed by atoms with van der Waals surface area (Å²) in [6, 6.07) is 17.1. The topological polar surface area (TPSA) is 94.3 Å². The van der Waals surface area contributed by atoms with E-state index in [-0.39, 0.29) is 11.6 Å². The number of H-pyrrole nitrogens is 1. The van der Waals surface area contributed by atoms with E-state index < -0.39 is 0 Å². The molecule has 3 atom stereocenters. The molecule has 2 aliphatic rings. The third kappa shape index (κ3) is 3.32. The van der Waals surface area contributed by atoms with Gasteiger partial charge in [0.2, 0.25) is 0 Å². The Bertz CT molecular complexity index is 1690. The molecule has 1 fully saturated rings. The van der Waals surface area contributed by atoms with Gasteiger partial charge in [0, 0.05) is 33.8 Å². The van der Waals surface area contributed by atoms with Crippen LogP contribution in [0.2, 0.25) is 10.2 Å². The van der Waals surface area contributed by atoms with Crippen molar-refractivity contribution in [3.8, 4) is 28.1 Å². The first kappa shape index (κ1) is 21.5. The number of hydrogen-bond donors (Lipinski definition) is 1. The zero-order valence-electron chi connectivity index (χ0n) is 19.1. The first-order valence-electron chi connectivity index (χ1n) is 11.6. The van der Waals surface area contributed by atoms with E-state index in [1.807, 2.05) is 47.9 Å². The van der Waals surface area contributed by atoms with Gasteiger partial charge in [0.1, 0.15) is 23.0 Å². The van der Waals surface area contributed by atoms with Gasteiger partial charge in [0.05, 0.1) is 11.7 Å². The molecule has 4 heterocycles. The van der Waals surface area contributed by atoms with Crippen molar-refractivity contribution in [3.63, 3.8) is 0 Å². The molecule has 0 amide bonds. The third-order valence-electron chi connectivity index (χ3n) is 7.15. The number of nitrogens with one attached hydrogen (secondary N) is 1. The summed E-state index contributed by atoms with van der Waals surface area (Å²) < 4.78 is 3.42. The zero-order valence-corrected chi connectivity index (χ0v) is 20.6. The van der Waals surface area contributed by atoms with Crippen molar-refractivity contribution in [3.05, 3.63) is 98.5 Å². The fourth-order valence-electron chi connectivity index (χ4n) is 5.38. The second kappa shape index (κ2) is 7.88. The average Bonchev–Trinajstić information content (AvgIpc) is 3.18. The SMILES string of the molecule is Cc1ccc(-c2nc(C3C4CC4c4cc(-c5cc(Cl)ccc5-n5cnnn5)cc(=O)n43)[nH]c2Cl)cc1. The molecule has 36 heavy (non-hydrogen) atoms. The Labute approximate surface area is 215 Å². The van der Waals surface area contributed by atoms with Gasteiger partial charge >= 0.3 is 0 Å². The highest BCUT2D eigenvalue weighted by Crippen LogP contribution is 2.60. The van der Waals surface area contributed by atoms with E-state index >= 15 is 0 Å². The minimum Gasteiger partial charge on any atom is -0.331 e. The van der Waals surface area contributed by atoms with Crippen LogP contribution < -0.4 is 5.56 Å². The van der Waals surface area contributed by atoms with Crippen LogP contribution in [0.5, 0.6) is 0 Å². The van der Waals surface area contributed by atoms with Crippen molar-refractivity contribution in [2.45, 2.75) is 25.3 Å². The first-order chi connectivity index (χ1) is 17.5. The number of fused-ring (bicyclic) bond motifs is 3. The molecule has 3 aromatic heterocycles. The fourth-order valence-corrected chi connectivity index (χ4v) is 5.80. The summed E-state index contributed by atoms with van der Waals surface area (Å²) in [6.07, 6.45) is 2.52. The molecule has 1 aliphatic carbocycles. The molecule has 1 N–H and O–H groups in total. The highest BCUT2D eigenvalue weighted by molar-refractivity contribution is 6.32. The summed E-state index contributed by atoms with van der Waals surface area (Å²) in [6.45, 7) is 2.04. The van der Waals surface area contributed by atoms with E-state index in [2.05, 4.69) is 26.6 Å². The summed E-state index contributed by atoms with van der Waals surface area (Å²) in [4.78, 5) is 21.7. The maximum Gasteiger partial charge on any atom is 0.252 e. The monoisotopic (exact) mass is 515 g/mol. The molecule has 1 aliphatic heterocycles. The van der Waals surface area contributed by atoms with Gasteiger partial charge < -0.3 is 9.55 Å². The lowest BCUT2D eigenvalue weighted by molar-refractivity contribution is 0.515. The molecule has 0 radical (unpaired) electrons. The Morgan fingerprint density at radius 2 is 1.86 bits per heavy atom. The molecule has 0 bridgehead atoms. The maximum atomic E-state index is 13.5. The van der Waals surface area contributed by atoms with Crippen LogP contribution in [0, 0.1) is 12.8 Å². The van der Waals surface area contributed by atoms with Crippen molar-refractivity contribution in [2.24, 2.45) is 5.92 Å². The average molecular weight is 516 g/mol. The van der Waals surface area contributed by atoms with Crippen molar-refractivity contribution in [1.29, 1.82) is 0 Å². The first-order valence-corrected chi connectivity index (χ1v) is 12.4. The number of aromatic amines is 1. The van der Waals surface area contributed by atoms with Crippen LogP contribution in [0.1, 0.15) is 35.5 Å². The minimum atomic E-state index is -0.179. The normalized spacial score (nSPS) is 19.8.